The molecule has 20 heteroatoms. The fraction of sp³-hybridized carbons (Fsp3) is 0.438. The molecule has 358 valence electrons. The summed E-state index contributed by atoms with van der Waals surface area (Å²) in [6.45, 7) is 14.0. The number of aromatic nitrogens is 5. The van der Waals surface area contributed by atoms with Crippen molar-refractivity contribution in [2.45, 2.75) is 70.9 Å². The van der Waals surface area contributed by atoms with Crippen molar-refractivity contribution >= 4 is 91.0 Å². The lowest BCUT2D eigenvalue weighted by molar-refractivity contribution is -0.135. The number of ether oxygens (including phenoxy) is 1. The largest absolute Gasteiger partial charge is 0.494 e. The van der Waals surface area contributed by atoms with Gasteiger partial charge in [-0.2, -0.15) is 4.98 Å². The molecular weight excluding hydrogens is 956 g/mol. The fourth-order valence-electron chi connectivity index (χ4n) is 9.82. The van der Waals surface area contributed by atoms with E-state index in [1.165, 1.54) is 10.6 Å². The van der Waals surface area contributed by atoms with Crippen LogP contribution in [0.1, 0.15) is 62.5 Å². The molecule has 1 unspecified atom stereocenters. The van der Waals surface area contributed by atoms with E-state index >= 15 is 4.39 Å². The molecule has 17 nitrogen and oxygen atoms in total. The maximum absolute atomic E-state index is 15.6. The smallest absolute Gasteiger partial charge is 0.420 e. The third kappa shape index (κ3) is 9.75. The Kier molecular flexibility index (Phi) is 13.7. The number of carbonyl (C=O) groups excluding carboxylic acids is 2. The van der Waals surface area contributed by atoms with Gasteiger partial charge in [-0.25, -0.2) is 24.1 Å². The lowest BCUT2D eigenvalue weighted by Gasteiger charge is -2.43. The van der Waals surface area contributed by atoms with Gasteiger partial charge in [0, 0.05) is 106 Å². The molecule has 0 saturated carbocycles. The van der Waals surface area contributed by atoms with Crippen LogP contribution in [0.2, 0.25) is 0 Å². The summed E-state index contributed by atoms with van der Waals surface area (Å²) in [7, 11) is -1.32. The predicted molar refractivity (Wildman–Crippen MR) is 265 cm³/mol. The highest BCUT2D eigenvalue weighted by molar-refractivity contribution is 9.10. The number of nitrogens with zero attached hydrogens (tertiary/aromatic N) is 8. The zero-order valence-corrected chi connectivity index (χ0v) is 41.4. The number of hydrogen-bond donors (Lipinski definition) is 3. The van der Waals surface area contributed by atoms with E-state index in [0.717, 1.165) is 88.3 Å². The molecule has 0 spiro atoms. The second kappa shape index (κ2) is 19.7. The molecule has 0 bridgehead atoms. The molecule has 3 aliphatic heterocycles. The molecule has 3 aromatic carbocycles. The highest BCUT2D eigenvalue weighted by Gasteiger charge is 2.32. The lowest BCUT2D eigenvalue weighted by atomic mass is 9.99. The van der Waals surface area contributed by atoms with E-state index in [9.17, 15) is 18.9 Å². The minimum atomic E-state index is -2.97. The minimum absolute atomic E-state index is 0.135. The number of anilines is 5. The Morgan fingerprint density at radius 3 is 2.41 bits per heavy atom. The van der Waals surface area contributed by atoms with Crippen LogP contribution in [0.4, 0.5) is 33.2 Å². The van der Waals surface area contributed by atoms with Gasteiger partial charge in [0.2, 0.25) is 17.8 Å². The number of methoxy groups -OCH3 is 1. The SMILES string of the molecule is CCc1ncc2c(P(C)(C)=O)c(Nc3nc(Nc4cc(CC)c(N5CCC(N6CCN(CCc7ccc8c(c7)oc(=O)n8C7CCC(=O)NC7=O)CC6)CC5)cc4OC)ncc3Br)cc(F)c2n1. The van der Waals surface area contributed by atoms with Crippen LogP contribution in [0.5, 0.6) is 5.75 Å². The Bertz CT molecular complexity index is 3020. The van der Waals surface area contributed by atoms with Gasteiger partial charge in [0.1, 0.15) is 36.1 Å². The van der Waals surface area contributed by atoms with Crippen molar-refractivity contribution in [2.24, 2.45) is 0 Å². The molecule has 0 radical (unpaired) electrons. The molecule has 6 aromatic rings. The third-order valence-corrected chi connectivity index (χ3v) is 15.5. The second-order valence-electron chi connectivity index (χ2n) is 18.0. The first-order valence-corrected chi connectivity index (χ1v) is 26.6. The van der Waals surface area contributed by atoms with E-state index in [1.54, 1.807) is 32.8 Å². The van der Waals surface area contributed by atoms with Crippen LogP contribution in [0.3, 0.4) is 0 Å². The molecule has 0 aliphatic carbocycles. The van der Waals surface area contributed by atoms with Gasteiger partial charge < -0.3 is 34.2 Å². The van der Waals surface area contributed by atoms with Gasteiger partial charge in [-0.3, -0.25) is 24.4 Å². The molecule has 3 aliphatic rings. The summed E-state index contributed by atoms with van der Waals surface area (Å²) in [5.74, 6) is -0.155. The van der Waals surface area contributed by atoms with Crippen LogP contribution in [-0.2, 0) is 33.4 Å². The van der Waals surface area contributed by atoms with Gasteiger partial charge in [0.05, 0.1) is 28.5 Å². The van der Waals surface area contributed by atoms with Crippen LogP contribution >= 0.6 is 23.1 Å². The molecule has 2 amide bonds. The Balaban J connectivity index is 0.811. The van der Waals surface area contributed by atoms with E-state index in [1.807, 2.05) is 25.1 Å². The second-order valence-corrected chi connectivity index (χ2v) is 22.0. The number of benzene rings is 3. The number of rotatable bonds is 14. The first kappa shape index (κ1) is 47.3. The number of piperidine rings is 2. The summed E-state index contributed by atoms with van der Waals surface area (Å²) in [5.41, 5.74) is 5.53. The average Bonchev–Trinajstić information content (AvgIpc) is 3.65. The Hall–Kier alpha value is -5.75. The normalized spacial score (nSPS) is 17.8. The number of oxazole rings is 1. The zero-order valence-electron chi connectivity index (χ0n) is 38.9. The number of aryl methyl sites for hydroxylation is 2. The van der Waals surface area contributed by atoms with Crippen molar-refractivity contribution in [3.8, 4) is 5.75 Å². The first-order chi connectivity index (χ1) is 32.7. The number of carbonyl (C=O) groups is 2. The average molecular weight is 1010 g/mol. The third-order valence-electron chi connectivity index (χ3n) is 13.4. The fourth-order valence-corrected chi connectivity index (χ4v) is 11.6. The summed E-state index contributed by atoms with van der Waals surface area (Å²) in [6.07, 6.45) is 7.86. The molecule has 9 rings (SSSR count). The van der Waals surface area contributed by atoms with Crippen LogP contribution in [0.15, 0.2) is 62.5 Å². The molecule has 68 heavy (non-hydrogen) atoms. The number of nitrogens with one attached hydrogen (secondary N) is 3. The molecule has 3 aromatic heterocycles. The van der Waals surface area contributed by atoms with Gasteiger partial charge in [0.15, 0.2) is 11.4 Å². The van der Waals surface area contributed by atoms with E-state index in [2.05, 4.69) is 80.6 Å². The number of fused-ring (bicyclic) bond motifs is 2. The zero-order chi connectivity index (χ0) is 47.9. The topological polar surface area (TPSA) is 193 Å². The van der Waals surface area contributed by atoms with Crippen LogP contribution in [-0.4, -0.2) is 118 Å². The lowest BCUT2D eigenvalue weighted by Crippen LogP contribution is -2.53. The van der Waals surface area contributed by atoms with Crippen LogP contribution in [0, 0.1) is 5.82 Å². The van der Waals surface area contributed by atoms with E-state index in [-0.39, 0.29) is 30.2 Å². The summed E-state index contributed by atoms with van der Waals surface area (Å²) in [5, 5.41) is 9.73. The number of halogens is 2. The molecule has 6 heterocycles. The minimum Gasteiger partial charge on any atom is -0.494 e. The van der Waals surface area contributed by atoms with Gasteiger partial charge in [-0.15, -0.1) is 0 Å². The van der Waals surface area contributed by atoms with Crippen molar-refractivity contribution in [1.82, 2.24) is 39.6 Å². The Morgan fingerprint density at radius 1 is 0.926 bits per heavy atom. The maximum atomic E-state index is 15.6. The van der Waals surface area contributed by atoms with Gasteiger partial charge in [-0.05, 0) is 90.7 Å². The first-order valence-electron chi connectivity index (χ1n) is 23.2. The summed E-state index contributed by atoms with van der Waals surface area (Å²) >= 11 is 3.54. The molecular formula is C48H56BrFN11O6P. The van der Waals surface area contributed by atoms with Crippen LogP contribution < -0.4 is 36.6 Å². The van der Waals surface area contributed by atoms with Crippen molar-refractivity contribution < 1.29 is 27.7 Å². The Labute approximate surface area is 401 Å². The van der Waals surface area contributed by atoms with Crippen molar-refractivity contribution in [1.29, 1.82) is 0 Å². The molecule has 3 saturated heterocycles. The van der Waals surface area contributed by atoms with Crippen molar-refractivity contribution in [2.75, 3.05) is 81.8 Å². The number of imide groups is 1. The van der Waals surface area contributed by atoms with Gasteiger partial charge >= 0.3 is 5.76 Å². The van der Waals surface area contributed by atoms with Gasteiger partial charge in [0.25, 0.3) is 0 Å². The highest BCUT2D eigenvalue weighted by Crippen LogP contribution is 2.43. The van der Waals surface area contributed by atoms with Crippen molar-refractivity contribution in [3.05, 3.63) is 86.6 Å². The van der Waals surface area contributed by atoms with E-state index < -0.39 is 30.7 Å². The summed E-state index contributed by atoms with van der Waals surface area (Å²) in [6, 6.07) is 11.0. The monoisotopic (exact) mass is 1010 g/mol. The molecule has 3 N–H and O–H groups in total. The predicted octanol–water partition coefficient (Wildman–Crippen LogP) is 6.90. The molecule has 1 atom stereocenters. The Morgan fingerprint density at radius 2 is 1.71 bits per heavy atom. The number of hydrogen-bond acceptors (Lipinski definition) is 15. The highest BCUT2D eigenvalue weighted by atomic mass is 79.9. The number of amides is 2. The van der Waals surface area contributed by atoms with Crippen molar-refractivity contribution in [3.63, 3.8) is 0 Å². The van der Waals surface area contributed by atoms with E-state index in [4.69, 9.17) is 14.1 Å². The van der Waals surface area contributed by atoms with Crippen LogP contribution in [0.25, 0.3) is 22.0 Å². The number of piperazine rings is 1. The summed E-state index contributed by atoms with van der Waals surface area (Å²) < 4.78 is 42.7. The standard InChI is InChI=1S/C48H56BrFN11O6P/c1-6-29-23-34(54-47-52-27-32(49)45(57-47)53-35-24-33(50)43-31(44(35)68(4,5)65)26-51-41(7-2)55-43)39(66-3)25-38(29)60-16-13-30(14-17-60)59-20-18-58(19-21-59)15-12-28-8-9-36-40(22-28)67-48(64)61(36)37-10-11-42(62)56-46(37)63/h8-9,22-27,30,37H,6-7,10-21H2,1-5H3,(H,56,62,63)(H2,52,53,54,57). The van der Waals surface area contributed by atoms with Gasteiger partial charge in [-0.1, -0.05) is 19.9 Å². The molecule has 3 fully saturated rings. The quantitative estimate of drug-likeness (QED) is 0.0753. The van der Waals surface area contributed by atoms with E-state index in [0.29, 0.717) is 67.5 Å². The summed E-state index contributed by atoms with van der Waals surface area (Å²) in [4.78, 5) is 62.5. The maximum Gasteiger partial charge on any atom is 0.420 e.